The van der Waals surface area contributed by atoms with Gasteiger partial charge in [0, 0.05) is 94.7 Å². The van der Waals surface area contributed by atoms with Crippen molar-refractivity contribution in [1.29, 1.82) is 0 Å². The lowest BCUT2D eigenvalue weighted by Crippen LogP contribution is -2.54. The highest BCUT2D eigenvalue weighted by Crippen LogP contribution is 2.38. The predicted octanol–water partition coefficient (Wildman–Crippen LogP) is 1.63. The molecule has 2 aromatic carbocycles. The van der Waals surface area contributed by atoms with Gasteiger partial charge in [-0.2, -0.15) is 0 Å². The van der Waals surface area contributed by atoms with E-state index < -0.39 is 35.6 Å². The maximum absolute atomic E-state index is 13.4. The van der Waals surface area contributed by atoms with Crippen LogP contribution >= 0.6 is 0 Å². The average Bonchev–Trinajstić information content (AvgIpc) is 3.93. The van der Waals surface area contributed by atoms with Crippen LogP contribution in [0.3, 0.4) is 0 Å². The summed E-state index contributed by atoms with van der Waals surface area (Å²) in [6.07, 6.45) is 3.60. The van der Waals surface area contributed by atoms with E-state index in [9.17, 15) is 28.8 Å². The molecular formula is C39H43N11O6. The minimum absolute atomic E-state index is 0.0469. The van der Waals surface area contributed by atoms with Gasteiger partial charge in [0.1, 0.15) is 11.9 Å². The Labute approximate surface area is 322 Å². The van der Waals surface area contributed by atoms with Gasteiger partial charge in [-0.15, -0.1) is 0 Å². The predicted molar refractivity (Wildman–Crippen MR) is 205 cm³/mol. The minimum Gasteiger partial charge on any atom is -0.371 e. The van der Waals surface area contributed by atoms with Crippen LogP contribution in [0, 0.1) is 11.8 Å². The number of benzene rings is 2. The Morgan fingerprint density at radius 1 is 0.821 bits per heavy atom. The summed E-state index contributed by atoms with van der Waals surface area (Å²) in [5.41, 5.74) is 8.98. The summed E-state index contributed by atoms with van der Waals surface area (Å²) in [7, 11) is 1.82. The second-order valence-electron chi connectivity index (χ2n) is 15.6. The molecule has 7 heterocycles. The zero-order chi connectivity index (χ0) is 38.8. The van der Waals surface area contributed by atoms with Crippen molar-refractivity contribution in [1.82, 2.24) is 30.0 Å². The summed E-state index contributed by atoms with van der Waals surface area (Å²) in [6, 6.07) is 12.4. The number of urea groups is 1. The molecule has 4 N–H and O–H groups in total. The molecule has 0 bridgehead atoms. The van der Waals surface area contributed by atoms with Gasteiger partial charge in [-0.05, 0) is 61.7 Å². The Bertz CT molecular complexity index is 2150. The summed E-state index contributed by atoms with van der Waals surface area (Å²) >= 11 is 0. The number of hydrogen-bond acceptors (Lipinski definition) is 12. The monoisotopic (exact) mass is 761 g/mol. The number of hydrogen-bond donors (Lipinski definition) is 3. The van der Waals surface area contributed by atoms with Crippen LogP contribution in [0.2, 0.25) is 0 Å². The molecule has 9 rings (SSSR count). The molecular weight excluding hydrogens is 719 g/mol. The number of aromatic nitrogens is 2. The van der Waals surface area contributed by atoms with E-state index in [4.69, 9.17) is 10.7 Å². The van der Waals surface area contributed by atoms with Crippen molar-refractivity contribution in [3.63, 3.8) is 0 Å². The van der Waals surface area contributed by atoms with E-state index >= 15 is 0 Å². The number of carbonyl (C=O) groups is 6. The Kier molecular flexibility index (Phi) is 8.73. The van der Waals surface area contributed by atoms with Crippen LogP contribution in [-0.4, -0.2) is 132 Å². The SMILES string of the molecule is CN1CCN([C@H]2CCCN(c3cnc(C(N)=O)c(Nc4ccc(N5CC6CN(c7ccc8c(c7)C(=O)N(C7CCC(=O)NC7=O)C8=O)CC6C5)cc4)n3)C2)C1=O. The quantitative estimate of drug-likeness (QED) is 0.281. The third-order valence-electron chi connectivity index (χ3n) is 12.2. The number of nitrogens with two attached hydrogens (primary N) is 1. The van der Waals surface area contributed by atoms with E-state index in [1.165, 1.54) is 0 Å². The molecule has 1 aromatic heterocycles. The summed E-state index contributed by atoms with van der Waals surface area (Å²) in [6.45, 7) is 6.13. The maximum atomic E-state index is 13.4. The second kappa shape index (κ2) is 13.8. The molecule has 6 aliphatic heterocycles. The second-order valence-corrected chi connectivity index (χ2v) is 15.6. The number of nitrogens with one attached hydrogen (secondary N) is 2. The molecule has 56 heavy (non-hydrogen) atoms. The van der Waals surface area contributed by atoms with E-state index in [2.05, 4.69) is 30.3 Å². The van der Waals surface area contributed by atoms with E-state index in [1.54, 1.807) is 23.2 Å². The van der Waals surface area contributed by atoms with Crippen LogP contribution in [0.1, 0.15) is 56.9 Å². The Balaban J connectivity index is 0.833. The fourth-order valence-corrected chi connectivity index (χ4v) is 9.19. The van der Waals surface area contributed by atoms with Crippen LogP contribution in [0.4, 0.5) is 33.5 Å². The highest BCUT2D eigenvalue weighted by atomic mass is 16.2. The largest absolute Gasteiger partial charge is 0.371 e. The smallest absolute Gasteiger partial charge is 0.320 e. The van der Waals surface area contributed by atoms with E-state index in [0.717, 1.165) is 67.5 Å². The van der Waals surface area contributed by atoms with Gasteiger partial charge in [0.25, 0.3) is 17.7 Å². The molecule has 4 atom stereocenters. The molecule has 3 aromatic rings. The number of piperidine rings is 2. The van der Waals surface area contributed by atoms with Crippen molar-refractivity contribution in [2.24, 2.45) is 17.6 Å². The van der Waals surface area contributed by atoms with E-state index in [-0.39, 0.29) is 47.6 Å². The van der Waals surface area contributed by atoms with Crippen molar-refractivity contribution in [3.8, 4) is 0 Å². The first-order valence-electron chi connectivity index (χ1n) is 19.2. The number of carbonyl (C=O) groups excluding carboxylic acids is 6. The highest BCUT2D eigenvalue weighted by Gasteiger charge is 2.46. The molecule has 6 aliphatic rings. The molecule has 0 aliphatic carbocycles. The summed E-state index contributed by atoms with van der Waals surface area (Å²) in [5.74, 6) is -1.03. The van der Waals surface area contributed by atoms with Crippen LogP contribution in [0.15, 0.2) is 48.7 Å². The first-order valence-corrected chi connectivity index (χ1v) is 19.2. The first-order chi connectivity index (χ1) is 27.0. The molecule has 17 nitrogen and oxygen atoms in total. The number of nitrogens with zero attached hydrogens (tertiary/aromatic N) is 8. The Morgan fingerprint density at radius 2 is 1.52 bits per heavy atom. The normalized spacial score (nSPS) is 25.0. The number of imide groups is 2. The molecule has 5 fully saturated rings. The van der Waals surface area contributed by atoms with Crippen molar-refractivity contribution in [2.45, 2.75) is 37.8 Å². The number of primary amides is 1. The van der Waals surface area contributed by atoms with Crippen molar-refractivity contribution >= 4 is 64.3 Å². The van der Waals surface area contributed by atoms with Gasteiger partial charge in [0.15, 0.2) is 11.5 Å². The third kappa shape index (κ3) is 6.20. The number of likely N-dealkylation sites (N-methyl/N-ethyl adjacent to an activating group) is 1. The lowest BCUT2D eigenvalue weighted by molar-refractivity contribution is -0.136. The van der Waals surface area contributed by atoms with Gasteiger partial charge in [-0.1, -0.05) is 0 Å². The summed E-state index contributed by atoms with van der Waals surface area (Å²) < 4.78 is 0. The number of anilines is 5. The maximum Gasteiger partial charge on any atom is 0.320 e. The highest BCUT2D eigenvalue weighted by molar-refractivity contribution is 6.23. The van der Waals surface area contributed by atoms with Gasteiger partial charge in [-0.25, -0.2) is 14.8 Å². The van der Waals surface area contributed by atoms with Crippen LogP contribution in [-0.2, 0) is 9.59 Å². The zero-order valence-electron chi connectivity index (χ0n) is 31.0. The van der Waals surface area contributed by atoms with Crippen molar-refractivity contribution < 1.29 is 28.8 Å². The molecule has 7 amide bonds. The molecule has 5 saturated heterocycles. The van der Waals surface area contributed by atoms with Gasteiger partial charge in [-0.3, -0.25) is 34.2 Å². The molecule has 0 saturated carbocycles. The van der Waals surface area contributed by atoms with Gasteiger partial charge in [0.2, 0.25) is 11.8 Å². The third-order valence-corrected chi connectivity index (χ3v) is 12.2. The van der Waals surface area contributed by atoms with E-state index in [0.29, 0.717) is 37.3 Å². The van der Waals surface area contributed by atoms with Gasteiger partial charge < -0.3 is 35.6 Å². The molecule has 0 radical (unpaired) electrons. The first kappa shape index (κ1) is 35.4. The topological polar surface area (TPSA) is 198 Å². The standard InChI is InChI=1S/C39H43N11O6/c1-45-13-14-49(39(45)56)27-3-2-12-46(21-27)31-16-41-33(34(40)52)35(43-31)42-24-4-6-25(7-5-24)47-17-22-19-48(20-23(22)18-47)26-8-9-28-29(15-26)38(55)50(37(28)54)30-10-11-32(51)44-36(30)53/h4-9,15-16,22-23,27,30H,2-3,10-14,17-21H2,1H3,(H2,40,52)(H,42,43)(H,44,51,53)/t22?,23?,27-,30?/m0/s1. The van der Waals surface area contributed by atoms with Crippen molar-refractivity contribution in [3.05, 3.63) is 65.5 Å². The lowest BCUT2D eigenvalue weighted by atomic mass is 10.0. The molecule has 3 unspecified atom stereocenters. The van der Waals surface area contributed by atoms with Gasteiger partial charge in [0.05, 0.1) is 23.4 Å². The molecule has 290 valence electrons. The lowest BCUT2D eigenvalue weighted by Gasteiger charge is -2.37. The number of amides is 7. The molecule has 17 heteroatoms. The average molecular weight is 762 g/mol. The van der Waals surface area contributed by atoms with E-state index in [1.807, 2.05) is 42.3 Å². The fourth-order valence-electron chi connectivity index (χ4n) is 9.19. The molecule has 0 spiro atoms. The van der Waals surface area contributed by atoms with Crippen LogP contribution in [0.25, 0.3) is 0 Å². The zero-order valence-corrected chi connectivity index (χ0v) is 31.0. The summed E-state index contributed by atoms with van der Waals surface area (Å²) in [4.78, 5) is 96.3. The van der Waals surface area contributed by atoms with Gasteiger partial charge >= 0.3 is 6.03 Å². The van der Waals surface area contributed by atoms with Crippen LogP contribution in [0.5, 0.6) is 0 Å². The van der Waals surface area contributed by atoms with Crippen LogP contribution < -0.4 is 31.1 Å². The Hall–Kier alpha value is -6.26. The number of fused-ring (bicyclic) bond motifs is 2. The summed E-state index contributed by atoms with van der Waals surface area (Å²) in [5, 5.41) is 5.50. The Morgan fingerprint density at radius 3 is 2.20 bits per heavy atom. The minimum atomic E-state index is -0.992. The fraction of sp³-hybridized carbons (Fsp3) is 0.436. The van der Waals surface area contributed by atoms with Crippen molar-refractivity contribution in [2.75, 3.05) is 79.4 Å². The number of rotatable bonds is 8.